The fourth-order valence-corrected chi connectivity index (χ4v) is 0.379. The van der Waals surface area contributed by atoms with Gasteiger partial charge in [-0.15, -0.1) is 0 Å². The molecule has 2 heteroatoms. The predicted octanol–water partition coefficient (Wildman–Crippen LogP) is 2.23. The molecule has 0 aromatic carbocycles. The lowest BCUT2D eigenvalue weighted by molar-refractivity contribution is -0.114. The summed E-state index contributed by atoms with van der Waals surface area (Å²) in [5, 5.41) is 0. The lowest BCUT2D eigenvalue weighted by atomic mass is 10.2. The first-order valence-electron chi connectivity index (χ1n) is 3.09. The topological polar surface area (TPSA) is 17.1 Å². The second-order valence-corrected chi connectivity index (χ2v) is 1.76. The maximum atomic E-state index is 12.2. The summed E-state index contributed by atoms with van der Waals surface area (Å²) in [5.74, 6) is -0.476. The lowest BCUT2D eigenvalue weighted by Crippen LogP contribution is -1.88. The van der Waals surface area contributed by atoms with Crippen LogP contribution in [0.4, 0.5) is 4.39 Å². The third kappa shape index (κ3) is 3.88. The van der Waals surface area contributed by atoms with Crippen LogP contribution < -0.4 is 0 Å². The van der Waals surface area contributed by atoms with Crippen LogP contribution in [-0.4, -0.2) is 5.78 Å². The maximum Gasteiger partial charge on any atom is 0.157 e. The van der Waals surface area contributed by atoms with Crippen LogP contribution >= 0.6 is 0 Å². The Morgan fingerprint density at radius 2 is 2.00 bits per heavy atom. The first-order valence-corrected chi connectivity index (χ1v) is 3.09. The Labute approximate surface area is 54.6 Å². The van der Waals surface area contributed by atoms with E-state index < -0.39 is 0 Å². The summed E-state index contributed by atoms with van der Waals surface area (Å²) >= 11 is 0. The van der Waals surface area contributed by atoms with E-state index in [1.165, 1.54) is 0 Å². The highest BCUT2D eigenvalue weighted by Crippen LogP contribution is 2.01. The first-order chi connectivity index (χ1) is 4.20. The molecular formula is C7H11FO. The number of ketones is 1. The summed E-state index contributed by atoms with van der Waals surface area (Å²) in [6, 6.07) is 0. The summed E-state index contributed by atoms with van der Waals surface area (Å²) in [5.41, 5.74) is 0. The molecule has 0 atom stereocenters. The van der Waals surface area contributed by atoms with Gasteiger partial charge in [0.25, 0.3) is 0 Å². The molecular weight excluding hydrogens is 119 g/mol. The van der Waals surface area contributed by atoms with E-state index in [1.807, 2.05) is 0 Å². The van der Waals surface area contributed by atoms with Crippen LogP contribution in [0.5, 0.6) is 0 Å². The van der Waals surface area contributed by atoms with E-state index in [-0.39, 0.29) is 11.6 Å². The third-order valence-electron chi connectivity index (χ3n) is 1.00. The Morgan fingerprint density at radius 1 is 1.44 bits per heavy atom. The van der Waals surface area contributed by atoms with Crippen molar-refractivity contribution in [1.82, 2.24) is 0 Å². The summed E-state index contributed by atoms with van der Waals surface area (Å²) in [6.07, 6.45) is 1.75. The fourth-order valence-electron chi connectivity index (χ4n) is 0.379. The molecule has 52 valence electrons. The number of halogens is 1. The predicted molar refractivity (Wildman–Crippen MR) is 34.8 cm³/mol. The van der Waals surface area contributed by atoms with Gasteiger partial charge in [-0.3, -0.25) is 4.79 Å². The average Bonchev–Trinajstić information content (AvgIpc) is 1.87. The molecule has 0 saturated heterocycles. The van der Waals surface area contributed by atoms with Gasteiger partial charge in [-0.05, 0) is 6.42 Å². The molecule has 0 amide bonds. The van der Waals surface area contributed by atoms with Crippen LogP contribution in [0, 0.1) is 0 Å². The molecule has 9 heavy (non-hydrogen) atoms. The van der Waals surface area contributed by atoms with Gasteiger partial charge in [-0.25, -0.2) is 4.39 Å². The Bertz CT molecular complexity index is 127. The Balaban J connectivity index is 3.79. The molecule has 0 radical (unpaired) electrons. The van der Waals surface area contributed by atoms with Crippen LogP contribution in [0.3, 0.4) is 0 Å². The van der Waals surface area contributed by atoms with Gasteiger partial charge in [0.1, 0.15) is 5.83 Å². The zero-order valence-corrected chi connectivity index (χ0v) is 5.78. The van der Waals surface area contributed by atoms with Crippen LogP contribution in [0.2, 0.25) is 0 Å². The van der Waals surface area contributed by atoms with Crippen LogP contribution in [-0.2, 0) is 4.79 Å². The second-order valence-electron chi connectivity index (χ2n) is 1.76. The number of allylic oxidation sites excluding steroid dienone is 2. The Morgan fingerprint density at radius 3 is 2.33 bits per heavy atom. The molecule has 0 unspecified atom stereocenters. The lowest BCUT2D eigenvalue weighted by Gasteiger charge is -1.87. The average molecular weight is 130 g/mol. The summed E-state index contributed by atoms with van der Waals surface area (Å²) in [6.45, 7) is 3.39. The van der Waals surface area contributed by atoms with Gasteiger partial charge in [-0.1, -0.05) is 13.8 Å². The van der Waals surface area contributed by atoms with Crippen molar-refractivity contribution in [3.63, 3.8) is 0 Å². The smallest absolute Gasteiger partial charge is 0.157 e. The number of carbonyl (C=O) groups excluding carboxylic acids is 1. The van der Waals surface area contributed by atoms with E-state index >= 15 is 0 Å². The van der Waals surface area contributed by atoms with E-state index in [1.54, 1.807) is 13.8 Å². The maximum absolute atomic E-state index is 12.2. The fraction of sp³-hybridized carbons (Fsp3) is 0.571. The van der Waals surface area contributed by atoms with Crippen LogP contribution in [0.1, 0.15) is 26.7 Å². The van der Waals surface area contributed by atoms with Gasteiger partial charge < -0.3 is 0 Å². The minimum atomic E-state index is -0.332. The SMILES string of the molecule is CCC(=O)/C=C(\F)CC. The van der Waals surface area contributed by atoms with E-state index in [9.17, 15) is 9.18 Å². The normalized spacial score (nSPS) is 11.7. The number of hydrogen-bond acceptors (Lipinski definition) is 1. The highest BCUT2D eigenvalue weighted by molar-refractivity contribution is 5.89. The minimum Gasteiger partial charge on any atom is -0.295 e. The van der Waals surface area contributed by atoms with E-state index in [0.29, 0.717) is 12.8 Å². The number of hydrogen-bond donors (Lipinski definition) is 0. The van der Waals surface area contributed by atoms with Gasteiger partial charge >= 0.3 is 0 Å². The van der Waals surface area contributed by atoms with Crippen molar-refractivity contribution < 1.29 is 9.18 Å². The molecule has 0 spiro atoms. The molecule has 0 aliphatic carbocycles. The summed E-state index contributed by atoms with van der Waals surface area (Å²) in [4.78, 5) is 10.5. The van der Waals surface area contributed by atoms with Crippen molar-refractivity contribution in [2.45, 2.75) is 26.7 Å². The molecule has 0 aliphatic rings. The monoisotopic (exact) mass is 130 g/mol. The molecule has 1 nitrogen and oxygen atoms in total. The Hall–Kier alpha value is -0.660. The molecule has 0 bridgehead atoms. The van der Waals surface area contributed by atoms with Crippen molar-refractivity contribution in [3.05, 3.63) is 11.9 Å². The third-order valence-corrected chi connectivity index (χ3v) is 1.00. The van der Waals surface area contributed by atoms with Crippen molar-refractivity contribution in [1.29, 1.82) is 0 Å². The number of carbonyl (C=O) groups is 1. The largest absolute Gasteiger partial charge is 0.295 e. The quantitative estimate of drug-likeness (QED) is 0.535. The van der Waals surface area contributed by atoms with Gasteiger partial charge in [0, 0.05) is 12.5 Å². The molecule has 0 fully saturated rings. The highest BCUT2D eigenvalue weighted by Gasteiger charge is 1.94. The minimum absolute atomic E-state index is 0.144. The van der Waals surface area contributed by atoms with Gasteiger partial charge in [0.05, 0.1) is 0 Å². The van der Waals surface area contributed by atoms with Crippen molar-refractivity contribution in [3.8, 4) is 0 Å². The highest BCUT2D eigenvalue weighted by atomic mass is 19.1. The van der Waals surface area contributed by atoms with Crippen LogP contribution in [0.25, 0.3) is 0 Å². The first kappa shape index (κ1) is 8.34. The molecule has 0 aromatic rings. The molecule has 0 aliphatic heterocycles. The molecule has 0 N–H and O–H groups in total. The molecule has 0 saturated carbocycles. The summed E-state index contributed by atoms with van der Waals surface area (Å²) in [7, 11) is 0. The van der Waals surface area contributed by atoms with Gasteiger partial charge in [0.15, 0.2) is 5.78 Å². The molecule has 0 rings (SSSR count). The van der Waals surface area contributed by atoms with E-state index in [4.69, 9.17) is 0 Å². The van der Waals surface area contributed by atoms with Crippen LogP contribution in [0.15, 0.2) is 11.9 Å². The van der Waals surface area contributed by atoms with Crippen molar-refractivity contribution in [2.24, 2.45) is 0 Å². The summed E-state index contributed by atoms with van der Waals surface area (Å²) < 4.78 is 12.2. The number of rotatable bonds is 3. The molecule has 0 heterocycles. The van der Waals surface area contributed by atoms with Gasteiger partial charge in [-0.2, -0.15) is 0 Å². The zero-order valence-electron chi connectivity index (χ0n) is 5.78. The van der Waals surface area contributed by atoms with Crippen molar-refractivity contribution in [2.75, 3.05) is 0 Å². The Kier molecular flexibility index (Phi) is 3.93. The van der Waals surface area contributed by atoms with Gasteiger partial charge in [0.2, 0.25) is 0 Å². The van der Waals surface area contributed by atoms with Crippen molar-refractivity contribution >= 4 is 5.78 Å². The standard InChI is InChI=1S/C7H11FO/c1-3-6(8)5-7(9)4-2/h5H,3-4H2,1-2H3/b6-5-. The molecule has 0 aromatic heterocycles. The second kappa shape index (κ2) is 4.24. The zero-order chi connectivity index (χ0) is 7.28. The van der Waals surface area contributed by atoms with E-state index in [2.05, 4.69) is 0 Å². The van der Waals surface area contributed by atoms with E-state index in [0.717, 1.165) is 6.08 Å².